The van der Waals surface area contributed by atoms with Crippen LogP contribution in [0.15, 0.2) is 53.0 Å². The normalized spacial score (nSPS) is 12.5. The van der Waals surface area contributed by atoms with Gasteiger partial charge in [0.2, 0.25) is 15.9 Å². The maximum absolute atomic E-state index is 12.7. The fourth-order valence-corrected chi connectivity index (χ4v) is 4.01. The van der Waals surface area contributed by atoms with Gasteiger partial charge in [0.05, 0.1) is 11.9 Å². The van der Waals surface area contributed by atoms with Gasteiger partial charge in [-0.3, -0.25) is 9.10 Å². The maximum atomic E-state index is 12.7. The van der Waals surface area contributed by atoms with Gasteiger partial charge in [-0.2, -0.15) is 0 Å². The van der Waals surface area contributed by atoms with Crippen LogP contribution in [0.1, 0.15) is 13.3 Å². The molecule has 2 aromatic carbocycles. The number of benzene rings is 2. The number of hydrogen-bond acceptors (Lipinski definition) is 3. The van der Waals surface area contributed by atoms with Crippen molar-refractivity contribution in [3.63, 3.8) is 0 Å². The Morgan fingerprint density at radius 3 is 2.20 bits per heavy atom. The quantitative estimate of drug-likeness (QED) is 0.721. The summed E-state index contributed by atoms with van der Waals surface area (Å²) in [5, 5.41) is 3.25. The third kappa shape index (κ3) is 5.20. The highest BCUT2D eigenvalue weighted by Gasteiger charge is 2.31. The molecule has 0 aromatic heterocycles. The van der Waals surface area contributed by atoms with Crippen molar-refractivity contribution in [3.8, 4) is 0 Å². The van der Waals surface area contributed by atoms with Crippen LogP contribution in [-0.4, -0.2) is 26.6 Å². The van der Waals surface area contributed by atoms with E-state index in [1.165, 1.54) is 0 Å². The SMILES string of the molecule is CC[C@H](C(=O)Nc1ccc(Br)cc1)N(c1ccc(Cl)cc1)S(C)(=O)=O. The van der Waals surface area contributed by atoms with Crippen molar-refractivity contribution in [2.75, 3.05) is 15.9 Å². The maximum Gasteiger partial charge on any atom is 0.248 e. The Hall–Kier alpha value is -1.57. The van der Waals surface area contributed by atoms with Crippen molar-refractivity contribution < 1.29 is 13.2 Å². The molecule has 0 radical (unpaired) electrons. The summed E-state index contributed by atoms with van der Waals surface area (Å²) in [5.41, 5.74) is 0.987. The third-order valence-corrected chi connectivity index (χ3v) is 5.48. The van der Waals surface area contributed by atoms with Gasteiger partial charge in [0.15, 0.2) is 0 Å². The van der Waals surface area contributed by atoms with E-state index in [0.29, 0.717) is 22.8 Å². The molecule has 8 heteroatoms. The molecule has 5 nitrogen and oxygen atoms in total. The van der Waals surface area contributed by atoms with E-state index in [1.54, 1.807) is 55.5 Å². The van der Waals surface area contributed by atoms with Crippen LogP contribution in [0.5, 0.6) is 0 Å². The zero-order valence-corrected chi connectivity index (χ0v) is 16.9. The van der Waals surface area contributed by atoms with Crippen molar-refractivity contribution in [3.05, 3.63) is 58.0 Å². The first-order valence-electron chi connectivity index (χ1n) is 7.53. The Bertz CT molecular complexity index is 839. The second kappa shape index (κ2) is 8.21. The molecule has 0 heterocycles. The van der Waals surface area contributed by atoms with E-state index in [2.05, 4.69) is 21.2 Å². The standard InChI is InChI=1S/C17H18BrClN2O3S/c1-3-16(17(22)20-14-8-4-12(18)5-9-14)21(25(2,23)24)15-10-6-13(19)7-11-15/h4-11,16H,3H2,1-2H3,(H,20,22)/t16-/m1/s1. The molecular weight excluding hydrogens is 428 g/mol. The molecule has 0 unspecified atom stereocenters. The summed E-state index contributed by atoms with van der Waals surface area (Å²) in [6, 6.07) is 12.5. The number of carbonyl (C=O) groups is 1. The summed E-state index contributed by atoms with van der Waals surface area (Å²) in [7, 11) is -3.66. The van der Waals surface area contributed by atoms with E-state index < -0.39 is 22.0 Å². The van der Waals surface area contributed by atoms with Gasteiger partial charge in [-0.15, -0.1) is 0 Å². The van der Waals surface area contributed by atoms with E-state index in [-0.39, 0.29) is 0 Å². The molecule has 0 aliphatic carbocycles. The predicted molar refractivity (Wildman–Crippen MR) is 106 cm³/mol. The van der Waals surface area contributed by atoms with Crippen molar-refractivity contribution in [2.24, 2.45) is 0 Å². The lowest BCUT2D eigenvalue weighted by Gasteiger charge is -2.30. The summed E-state index contributed by atoms with van der Waals surface area (Å²) in [6.45, 7) is 1.76. The second-order valence-electron chi connectivity index (χ2n) is 5.46. The van der Waals surface area contributed by atoms with Crippen molar-refractivity contribution in [1.29, 1.82) is 0 Å². The highest BCUT2D eigenvalue weighted by atomic mass is 79.9. The van der Waals surface area contributed by atoms with Crippen LogP contribution >= 0.6 is 27.5 Å². The number of nitrogens with zero attached hydrogens (tertiary/aromatic N) is 1. The lowest BCUT2D eigenvalue weighted by molar-refractivity contribution is -0.117. The molecule has 1 atom stereocenters. The molecule has 2 aromatic rings. The van der Waals surface area contributed by atoms with Crippen molar-refractivity contribution >= 4 is 54.8 Å². The minimum atomic E-state index is -3.66. The van der Waals surface area contributed by atoms with Crippen LogP contribution in [0.2, 0.25) is 5.02 Å². The molecule has 134 valence electrons. The summed E-state index contributed by atoms with van der Waals surface area (Å²) >= 11 is 9.20. The van der Waals surface area contributed by atoms with E-state index in [0.717, 1.165) is 15.0 Å². The van der Waals surface area contributed by atoms with Crippen molar-refractivity contribution in [1.82, 2.24) is 0 Å². The summed E-state index contributed by atoms with van der Waals surface area (Å²) < 4.78 is 26.7. The summed E-state index contributed by atoms with van der Waals surface area (Å²) in [6.07, 6.45) is 1.40. The van der Waals surface area contributed by atoms with Crippen LogP contribution < -0.4 is 9.62 Å². The molecule has 1 amide bonds. The largest absolute Gasteiger partial charge is 0.324 e. The number of halogens is 2. The molecule has 0 aliphatic rings. The molecule has 0 aliphatic heterocycles. The van der Waals surface area contributed by atoms with Gasteiger partial charge in [0.1, 0.15) is 6.04 Å². The highest BCUT2D eigenvalue weighted by molar-refractivity contribution is 9.10. The first-order chi connectivity index (χ1) is 11.7. The zero-order chi connectivity index (χ0) is 18.6. The third-order valence-electron chi connectivity index (χ3n) is 3.52. The van der Waals surface area contributed by atoms with Crippen LogP contribution in [0.25, 0.3) is 0 Å². The summed E-state index contributed by atoms with van der Waals surface area (Å²) in [4.78, 5) is 12.7. The van der Waals surface area contributed by atoms with Crippen LogP contribution in [0.4, 0.5) is 11.4 Å². The van der Waals surface area contributed by atoms with Crippen molar-refractivity contribution in [2.45, 2.75) is 19.4 Å². The molecule has 2 rings (SSSR count). The molecule has 0 saturated carbocycles. The predicted octanol–water partition coefficient (Wildman–Crippen LogP) is 4.29. The lowest BCUT2D eigenvalue weighted by atomic mass is 10.2. The number of hydrogen-bond donors (Lipinski definition) is 1. The Morgan fingerprint density at radius 2 is 1.72 bits per heavy atom. The van der Waals surface area contributed by atoms with E-state index in [4.69, 9.17) is 11.6 Å². The molecule has 0 bridgehead atoms. The minimum absolute atomic E-state index is 0.318. The molecule has 25 heavy (non-hydrogen) atoms. The smallest absolute Gasteiger partial charge is 0.248 e. The van der Waals surface area contributed by atoms with E-state index in [9.17, 15) is 13.2 Å². The van der Waals surface area contributed by atoms with Gasteiger partial charge in [-0.25, -0.2) is 8.42 Å². The monoisotopic (exact) mass is 444 g/mol. The number of carbonyl (C=O) groups excluding carboxylic acids is 1. The number of rotatable bonds is 6. The zero-order valence-electron chi connectivity index (χ0n) is 13.7. The Labute approximate surface area is 161 Å². The average molecular weight is 446 g/mol. The molecule has 1 N–H and O–H groups in total. The van der Waals surface area contributed by atoms with Gasteiger partial charge >= 0.3 is 0 Å². The number of anilines is 2. The highest BCUT2D eigenvalue weighted by Crippen LogP contribution is 2.25. The van der Waals surface area contributed by atoms with Gasteiger partial charge in [-0.05, 0) is 55.0 Å². The Morgan fingerprint density at radius 1 is 1.16 bits per heavy atom. The molecule has 0 saturated heterocycles. The number of sulfonamides is 1. The summed E-state index contributed by atoms with van der Waals surface area (Å²) in [5.74, 6) is -0.398. The second-order valence-corrected chi connectivity index (χ2v) is 8.67. The Kier molecular flexibility index (Phi) is 6.48. The Balaban J connectivity index is 2.34. The van der Waals surface area contributed by atoms with Gasteiger partial charge < -0.3 is 5.32 Å². The van der Waals surface area contributed by atoms with Gasteiger partial charge in [0.25, 0.3) is 0 Å². The molecule has 0 fully saturated rings. The van der Waals surface area contributed by atoms with Gasteiger partial charge in [-0.1, -0.05) is 34.5 Å². The molecule has 0 spiro atoms. The average Bonchev–Trinajstić information content (AvgIpc) is 2.54. The van der Waals surface area contributed by atoms with Crippen LogP contribution in [0, 0.1) is 0 Å². The fourth-order valence-electron chi connectivity index (χ4n) is 2.41. The first kappa shape index (κ1) is 19.8. The first-order valence-corrected chi connectivity index (χ1v) is 10.6. The van der Waals surface area contributed by atoms with Crippen LogP contribution in [0.3, 0.4) is 0 Å². The molecular formula is C17H18BrClN2O3S. The van der Waals surface area contributed by atoms with E-state index in [1.807, 2.05) is 0 Å². The van der Waals surface area contributed by atoms with Gasteiger partial charge in [0, 0.05) is 15.2 Å². The minimum Gasteiger partial charge on any atom is -0.324 e. The van der Waals surface area contributed by atoms with Crippen LogP contribution in [-0.2, 0) is 14.8 Å². The van der Waals surface area contributed by atoms with E-state index >= 15 is 0 Å². The fraction of sp³-hybridized carbons (Fsp3) is 0.235. The number of amides is 1. The lowest BCUT2D eigenvalue weighted by Crippen LogP contribution is -2.46. The topological polar surface area (TPSA) is 66.5 Å². The number of nitrogens with one attached hydrogen (secondary N) is 1.